The molecule has 0 spiro atoms. The number of benzene rings is 2. The number of amides is 1. The van der Waals surface area contributed by atoms with Gasteiger partial charge in [-0.15, -0.1) is 0 Å². The van der Waals surface area contributed by atoms with Crippen molar-refractivity contribution in [1.82, 2.24) is 0 Å². The molecule has 5 heteroatoms. The number of esters is 1. The van der Waals surface area contributed by atoms with Crippen molar-refractivity contribution in [1.29, 1.82) is 0 Å². The lowest BCUT2D eigenvalue weighted by Crippen LogP contribution is -2.37. The Morgan fingerprint density at radius 2 is 1.65 bits per heavy atom. The summed E-state index contributed by atoms with van der Waals surface area (Å²) in [5.74, 6) is -0.932. The van der Waals surface area contributed by atoms with E-state index in [0.717, 1.165) is 5.69 Å². The van der Waals surface area contributed by atoms with Gasteiger partial charge in [-0.3, -0.25) is 9.59 Å². The number of hydrogen-bond donors (Lipinski definition) is 0. The summed E-state index contributed by atoms with van der Waals surface area (Å²) in [4.78, 5) is 36.4. The van der Waals surface area contributed by atoms with Gasteiger partial charge in [-0.1, -0.05) is 30.3 Å². The van der Waals surface area contributed by atoms with E-state index in [-0.39, 0.29) is 11.5 Å². The molecule has 23 heavy (non-hydrogen) atoms. The van der Waals surface area contributed by atoms with Crippen molar-refractivity contribution in [3.63, 3.8) is 0 Å². The Morgan fingerprint density at radius 1 is 1.04 bits per heavy atom. The van der Waals surface area contributed by atoms with Gasteiger partial charge in [0.2, 0.25) is 0 Å². The summed E-state index contributed by atoms with van der Waals surface area (Å²) in [6, 6.07) is 15.1. The number of nitrogens with zero attached hydrogens (tertiary/aromatic N) is 1. The molecule has 2 rings (SSSR count). The zero-order valence-corrected chi connectivity index (χ0v) is 12.9. The van der Waals surface area contributed by atoms with Crippen molar-refractivity contribution in [3.8, 4) is 0 Å². The molecule has 0 heterocycles. The topological polar surface area (TPSA) is 63.7 Å². The fourth-order valence-electron chi connectivity index (χ4n) is 2.03. The number of carbonyl (C=O) groups is 3. The second kappa shape index (κ2) is 7.35. The Morgan fingerprint density at radius 3 is 2.22 bits per heavy atom. The molecular formula is C18H17NO4. The number of hydrogen-bond acceptors (Lipinski definition) is 4. The molecule has 0 aromatic heterocycles. The highest BCUT2D eigenvalue weighted by Gasteiger charge is 2.23. The third-order valence-corrected chi connectivity index (χ3v) is 3.39. The normalized spacial score (nSPS) is 11.4. The molecule has 0 aliphatic rings. The molecule has 118 valence electrons. The van der Waals surface area contributed by atoms with Gasteiger partial charge in [0.25, 0.3) is 5.91 Å². The largest absolute Gasteiger partial charge is 0.449 e. The fourth-order valence-corrected chi connectivity index (χ4v) is 2.03. The van der Waals surface area contributed by atoms with Crippen molar-refractivity contribution >= 4 is 23.9 Å². The quantitative estimate of drug-likeness (QED) is 0.629. The highest BCUT2D eigenvalue weighted by molar-refractivity contribution is 5.98. The molecule has 2 aromatic rings. The van der Waals surface area contributed by atoms with Gasteiger partial charge in [-0.2, -0.15) is 0 Å². The van der Waals surface area contributed by atoms with E-state index in [0.29, 0.717) is 11.8 Å². The standard InChI is InChI=1S/C18H17NO4/c1-13(17(21)19(2)16-6-4-3-5-7-16)23-18(22)15-10-8-14(12-20)9-11-15/h3-13H,1-2H3/t13-/m0/s1. The molecule has 0 radical (unpaired) electrons. The monoisotopic (exact) mass is 311 g/mol. The summed E-state index contributed by atoms with van der Waals surface area (Å²) in [6.07, 6.45) is -0.228. The predicted molar refractivity (Wildman–Crippen MR) is 86.6 cm³/mol. The van der Waals surface area contributed by atoms with Crippen LogP contribution in [0.4, 0.5) is 5.69 Å². The zero-order valence-electron chi connectivity index (χ0n) is 12.9. The van der Waals surface area contributed by atoms with E-state index >= 15 is 0 Å². The molecule has 0 N–H and O–H groups in total. The summed E-state index contributed by atoms with van der Waals surface area (Å²) in [5.41, 5.74) is 1.47. The smallest absolute Gasteiger partial charge is 0.338 e. The molecule has 0 unspecified atom stereocenters. The first kappa shape index (κ1) is 16.4. The van der Waals surface area contributed by atoms with Gasteiger partial charge >= 0.3 is 5.97 Å². The summed E-state index contributed by atoms with van der Waals surface area (Å²) in [6.45, 7) is 1.53. The fraction of sp³-hybridized carbons (Fsp3) is 0.167. The number of anilines is 1. The Bertz CT molecular complexity index is 695. The van der Waals surface area contributed by atoms with Gasteiger partial charge in [0.15, 0.2) is 6.10 Å². The number of rotatable bonds is 5. The maximum Gasteiger partial charge on any atom is 0.338 e. The van der Waals surface area contributed by atoms with Crippen LogP contribution in [-0.4, -0.2) is 31.3 Å². The van der Waals surface area contributed by atoms with Crippen molar-refractivity contribution in [2.45, 2.75) is 13.0 Å². The first-order chi connectivity index (χ1) is 11.0. The van der Waals surface area contributed by atoms with E-state index in [4.69, 9.17) is 4.74 Å². The molecule has 0 aliphatic carbocycles. The van der Waals surface area contributed by atoms with Crippen molar-refractivity contribution in [2.75, 3.05) is 11.9 Å². The van der Waals surface area contributed by atoms with Crippen LogP contribution in [0, 0.1) is 0 Å². The van der Waals surface area contributed by atoms with Gasteiger partial charge < -0.3 is 9.64 Å². The Labute approximate surface area is 134 Å². The molecule has 0 fully saturated rings. The van der Waals surface area contributed by atoms with Crippen LogP contribution < -0.4 is 4.90 Å². The second-order valence-electron chi connectivity index (χ2n) is 5.02. The van der Waals surface area contributed by atoms with Gasteiger partial charge in [0.05, 0.1) is 5.56 Å². The molecule has 0 saturated heterocycles. The van der Waals surface area contributed by atoms with E-state index in [1.54, 1.807) is 19.2 Å². The molecule has 0 aliphatic heterocycles. The maximum absolute atomic E-state index is 12.3. The minimum Gasteiger partial charge on any atom is -0.449 e. The Hall–Kier alpha value is -2.95. The molecule has 1 atom stereocenters. The van der Waals surface area contributed by atoms with E-state index in [2.05, 4.69) is 0 Å². The zero-order chi connectivity index (χ0) is 16.8. The van der Waals surface area contributed by atoms with E-state index in [9.17, 15) is 14.4 Å². The van der Waals surface area contributed by atoms with Crippen LogP contribution in [0.15, 0.2) is 54.6 Å². The Kier molecular flexibility index (Phi) is 5.25. The third kappa shape index (κ3) is 4.03. The van der Waals surface area contributed by atoms with Crippen molar-refractivity contribution < 1.29 is 19.1 Å². The average Bonchev–Trinajstić information content (AvgIpc) is 2.61. The predicted octanol–water partition coefficient (Wildman–Crippen LogP) is 2.71. The molecule has 5 nitrogen and oxygen atoms in total. The van der Waals surface area contributed by atoms with Gasteiger partial charge in [-0.25, -0.2) is 4.79 Å². The number of ether oxygens (including phenoxy) is 1. The second-order valence-corrected chi connectivity index (χ2v) is 5.02. The van der Waals surface area contributed by atoms with E-state index in [1.807, 2.05) is 18.2 Å². The first-order valence-corrected chi connectivity index (χ1v) is 7.11. The highest BCUT2D eigenvalue weighted by Crippen LogP contribution is 2.14. The van der Waals surface area contributed by atoms with Crippen LogP contribution in [0.25, 0.3) is 0 Å². The summed E-state index contributed by atoms with van der Waals surface area (Å²) in [5, 5.41) is 0. The summed E-state index contributed by atoms with van der Waals surface area (Å²) in [7, 11) is 1.63. The number of aldehydes is 1. The van der Waals surface area contributed by atoms with Crippen LogP contribution in [0.5, 0.6) is 0 Å². The van der Waals surface area contributed by atoms with Crippen molar-refractivity contribution in [2.24, 2.45) is 0 Å². The summed E-state index contributed by atoms with van der Waals surface area (Å²) >= 11 is 0. The minimum atomic E-state index is -0.918. The van der Waals surface area contributed by atoms with Crippen LogP contribution >= 0.6 is 0 Å². The lowest BCUT2D eigenvalue weighted by molar-refractivity contribution is -0.126. The third-order valence-electron chi connectivity index (χ3n) is 3.39. The molecular weight excluding hydrogens is 294 g/mol. The average molecular weight is 311 g/mol. The molecule has 2 aromatic carbocycles. The molecule has 1 amide bonds. The van der Waals surface area contributed by atoms with Gasteiger partial charge in [0, 0.05) is 18.3 Å². The minimum absolute atomic E-state index is 0.289. The van der Waals surface area contributed by atoms with E-state index in [1.165, 1.54) is 36.1 Å². The first-order valence-electron chi connectivity index (χ1n) is 7.11. The number of likely N-dealkylation sites (N-methyl/N-ethyl adjacent to an activating group) is 1. The van der Waals surface area contributed by atoms with E-state index < -0.39 is 12.1 Å². The SMILES string of the molecule is C[C@H](OC(=O)c1ccc(C=O)cc1)C(=O)N(C)c1ccccc1. The Balaban J connectivity index is 2.02. The van der Waals surface area contributed by atoms with Gasteiger partial charge in [0.1, 0.15) is 6.29 Å². The molecule has 0 bridgehead atoms. The lowest BCUT2D eigenvalue weighted by Gasteiger charge is -2.21. The summed E-state index contributed by atoms with van der Waals surface area (Å²) < 4.78 is 5.20. The molecule has 0 saturated carbocycles. The van der Waals surface area contributed by atoms with Crippen LogP contribution in [0.1, 0.15) is 27.6 Å². The van der Waals surface area contributed by atoms with Crippen LogP contribution in [-0.2, 0) is 9.53 Å². The van der Waals surface area contributed by atoms with Crippen LogP contribution in [0.3, 0.4) is 0 Å². The van der Waals surface area contributed by atoms with Gasteiger partial charge in [-0.05, 0) is 31.2 Å². The van der Waals surface area contributed by atoms with Crippen LogP contribution in [0.2, 0.25) is 0 Å². The number of para-hydroxylation sites is 1. The highest BCUT2D eigenvalue weighted by atomic mass is 16.5. The lowest BCUT2D eigenvalue weighted by atomic mass is 10.1. The van der Waals surface area contributed by atoms with Crippen molar-refractivity contribution in [3.05, 3.63) is 65.7 Å². The maximum atomic E-state index is 12.3. The number of carbonyl (C=O) groups excluding carboxylic acids is 3.